The molecule has 2 rings (SSSR count). The summed E-state index contributed by atoms with van der Waals surface area (Å²) in [4.78, 5) is 12.7. The van der Waals surface area contributed by atoms with Gasteiger partial charge >= 0.3 is 0 Å². The Morgan fingerprint density at radius 2 is 1.80 bits per heavy atom. The number of ether oxygens (including phenoxy) is 2. The van der Waals surface area contributed by atoms with Gasteiger partial charge in [-0.25, -0.2) is 8.42 Å². The summed E-state index contributed by atoms with van der Waals surface area (Å²) in [7, 11) is -0.225. The molecule has 0 saturated heterocycles. The topological polar surface area (TPSA) is 84.9 Å². The zero-order valence-electron chi connectivity index (χ0n) is 18.3. The number of nitrogens with zero attached hydrogens (tertiary/aromatic N) is 1. The second kappa shape index (κ2) is 9.84. The molecular formula is C22H30N2O5S. The van der Waals surface area contributed by atoms with Gasteiger partial charge in [-0.1, -0.05) is 19.1 Å². The van der Waals surface area contributed by atoms with Crippen LogP contribution in [0.2, 0.25) is 0 Å². The molecule has 0 fully saturated rings. The molecule has 0 aliphatic rings. The summed E-state index contributed by atoms with van der Waals surface area (Å²) >= 11 is 0. The van der Waals surface area contributed by atoms with Crippen molar-refractivity contribution in [3.8, 4) is 11.5 Å². The van der Waals surface area contributed by atoms with Crippen molar-refractivity contribution in [2.75, 3.05) is 24.7 Å². The summed E-state index contributed by atoms with van der Waals surface area (Å²) in [5, 5.41) is 3.02. The average molecular weight is 435 g/mol. The number of nitrogens with one attached hydrogen (secondary N) is 1. The molecule has 2 aromatic carbocycles. The van der Waals surface area contributed by atoms with Crippen molar-refractivity contribution in [1.82, 2.24) is 5.32 Å². The SMILES string of the molecule is CC[C@@H](NC(=O)[C@@H](C)Oc1ccc(N(C)S(C)(=O)=O)cc1)c1ccc(OC)c(C)c1. The van der Waals surface area contributed by atoms with E-state index in [1.807, 2.05) is 32.0 Å². The van der Waals surface area contributed by atoms with Crippen LogP contribution in [0.3, 0.4) is 0 Å². The Labute approximate surface area is 179 Å². The molecule has 0 radical (unpaired) electrons. The second-order valence-corrected chi connectivity index (χ2v) is 9.20. The van der Waals surface area contributed by atoms with Crippen LogP contribution in [0.5, 0.6) is 11.5 Å². The van der Waals surface area contributed by atoms with Crippen molar-refractivity contribution in [3.63, 3.8) is 0 Å². The lowest BCUT2D eigenvalue weighted by Gasteiger charge is -2.22. The lowest BCUT2D eigenvalue weighted by molar-refractivity contribution is -0.128. The number of amides is 1. The minimum atomic E-state index is -3.34. The molecule has 30 heavy (non-hydrogen) atoms. The van der Waals surface area contributed by atoms with E-state index < -0.39 is 16.1 Å². The molecule has 2 aromatic rings. The van der Waals surface area contributed by atoms with Gasteiger partial charge in [0, 0.05) is 7.05 Å². The molecule has 7 nitrogen and oxygen atoms in total. The van der Waals surface area contributed by atoms with E-state index in [-0.39, 0.29) is 11.9 Å². The smallest absolute Gasteiger partial charge is 0.261 e. The fraction of sp³-hybridized carbons (Fsp3) is 0.409. The van der Waals surface area contributed by atoms with Crippen LogP contribution in [0.1, 0.15) is 37.4 Å². The lowest BCUT2D eigenvalue weighted by atomic mass is 10.0. The maximum Gasteiger partial charge on any atom is 0.261 e. The van der Waals surface area contributed by atoms with E-state index in [1.54, 1.807) is 38.3 Å². The van der Waals surface area contributed by atoms with Crippen molar-refractivity contribution >= 4 is 21.6 Å². The van der Waals surface area contributed by atoms with E-state index in [0.717, 1.165) is 29.6 Å². The van der Waals surface area contributed by atoms with Crippen LogP contribution < -0.4 is 19.1 Å². The first-order valence-electron chi connectivity index (χ1n) is 9.72. The Hall–Kier alpha value is -2.74. The molecule has 164 valence electrons. The zero-order valence-corrected chi connectivity index (χ0v) is 19.1. The molecule has 8 heteroatoms. The molecule has 0 aliphatic carbocycles. The fourth-order valence-corrected chi connectivity index (χ4v) is 3.52. The summed E-state index contributed by atoms with van der Waals surface area (Å²) in [6.45, 7) is 5.65. The number of sulfonamides is 1. The average Bonchev–Trinajstić information content (AvgIpc) is 2.71. The van der Waals surface area contributed by atoms with E-state index in [9.17, 15) is 13.2 Å². The van der Waals surface area contributed by atoms with Crippen molar-refractivity contribution < 1.29 is 22.7 Å². The monoisotopic (exact) mass is 434 g/mol. The third-order valence-corrected chi connectivity index (χ3v) is 6.13. The number of carbonyl (C=O) groups excluding carboxylic acids is 1. The number of hydrogen-bond donors (Lipinski definition) is 1. The van der Waals surface area contributed by atoms with E-state index >= 15 is 0 Å². The van der Waals surface area contributed by atoms with Crippen LogP contribution in [-0.2, 0) is 14.8 Å². The Morgan fingerprint density at radius 3 is 2.30 bits per heavy atom. The van der Waals surface area contributed by atoms with Gasteiger partial charge in [-0.2, -0.15) is 0 Å². The lowest BCUT2D eigenvalue weighted by Crippen LogP contribution is -2.38. The minimum absolute atomic E-state index is 0.140. The highest BCUT2D eigenvalue weighted by Crippen LogP contribution is 2.25. The molecule has 0 saturated carbocycles. The van der Waals surface area contributed by atoms with Crippen molar-refractivity contribution in [2.45, 2.75) is 39.3 Å². The Morgan fingerprint density at radius 1 is 1.17 bits per heavy atom. The molecule has 0 unspecified atom stereocenters. The van der Waals surface area contributed by atoms with Gasteiger partial charge in [0.25, 0.3) is 5.91 Å². The number of carbonyl (C=O) groups is 1. The molecule has 0 aromatic heterocycles. The fourth-order valence-electron chi connectivity index (χ4n) is 3.01. The van der Waals surface area contributed by atoms with E-state index in [0.29, 0.717) is 11.4 Å². The van der Waals surface area contributed by atoms with Gasteiger partial charge in [0.15, 0.2) is 6.10 Å². The summed E-state index contributed by atoms with van der Waals surface area (Å²) in [6.07, 6.45) is 1.16. The second-order valence-electron chi connectivity index (χ2n) is 7.18. The van der Waals surface area contributed by atoms with E-state index in [2.05, 4.69) is 5.32 Å². The Balaban J connectivity index is 2.03. The standard InChI is InChI=1S/C22H30N2O5S/c1-7-20(17-8-13-21(28-5)15(2)14-17)23-22(25)16(3)29-19-11-9-18(10-12-19)24(4)30(6,26)27/h8-14,16,20H,7H2,1-6H3,(H,23,25)/t16-,20-/m1/s1. The maximum atomic E-state index is 12.7. The van der Waals surface area contributed by atoms with Gasteiger partial charge < -0.3 is 14.8 Å². The molecule has 0 heterocycles. The van der Waals surface area contributed by atoms with E-state index in [1.165, 1.54) is 11.4 Å². The van der Waals surface area contributed by atoms with Gasteiger partial charge in [-0.3, -0.25) is 9.10 Å². The molecule has 1 N–H and O–H groups in total. The van der Waals surface area contributed by atoms with Crippen LogP contribution in [0.4, 0.5) is 5.69 Å². The van der Waals surface area contributed by atoms with Gasteiger partial charge in [-0.15, -0.1) is 0 Å². The van der Waals surface area contributed by atoms with Crippen LogP contribution in [0.25, 0.3) is 0 Å². The molecular weight excluding hydrogens is 404 g/mol. The Kier molecular flexibility index (Phi) is 7.72. The normalized spacial score (nSPS) is 13.3. The molecule has 0 aliphatic heterocycles. The quantitative estimate of drug-likeness (QED) is 0.654. The molecule has 1 amide bonds. The van der Waals surface area contributed by atoms with Crippen LogP contribution in [-0.4, -0.2) is 40.8 Å². The third-order valence-electron chi connectivity index (χ3n) is 4.93. The first-order valence-corrected chi connectivity index (χ1v) is 11.6. The van der Waals surface area contributed by atoms with Gasteiger partial charge in [0.2, 0.25) is 10.0 Å². The predicted molar refractivity (Wildman–Crippen MR) is 119 cm³/mol. The highest BCUT2D eigenvalue weighted by molar-refractivity contribution is 7.92. The molecule has 0 bridgehead atoms. The number of anilines is 1. The number of aryl methyl sites for hydroxylation is 1. The van der Waals surface area contributed by atoms with Gasteiger partial charge in [0.1, 0.15) is 11.5 Å². The van der Waals surface area contributed by atoms with Crippen molar-refractivity contribution in [1.29, 1.82) is 0 Å². The largest absolute Gasteiger partial charge is 0.496 e. The van der Waals surface area contributed by atoms with Crippen molar-refractivity contribution in [3.05, 3.63) is 53.6 Å². The number of rotatable bonds is 9. The third kappa shape index (κ3) is 5.89. The Bertz CT molecular complexity index is 974. The molecule has 2 atom stereocenters. The maximum absolute atomic E-state index is 12.7. The summed E-state index contributed by atoms with van der Waals surface area (Å²) in [5.74, 6) is 1.06. The van der Waals surface area contributed by atoms with Gasteiger partial charge in [0.05, 0.1) is 25.1 Å². The van der Waals surface area contributed by atoms with Crippen LogP contribution in [0, 0.1) is 6.92 Å². The molecule has 0 spiro atoms. The minimum Gasteiger partial charge on any atom is -0.496 e. The number of hydrogen-bond acceptors (Lipinski definition) is 5. The first-order chi connectivity index (χ1) is 14.1. The summed E-state index contributed by atoms with van der Waals surface area (Å²) in [5.41, 5.74) is 2.53. The number of benzene rings is 2. The number of methoxy groups -OCH3 is 1. The van der Waals surface area contributed by atoms with Crippen LogP contribution in [0.15, 0.2) is 42.5 Å². The zero-order chi connectivity index (χ0) is 22.5. The van der Waals surface area contributed by atoms with Crippen LogP contribution >= 0.6 is 0 Å². The van der Waals surface area contributed by atoms with E-state index in [4.69, 9.17) is 9.47 Å². The first kappa shape index (κ1) is 23.5. The van der Waals surface area contributed by atoms with Crippen molar-refractivity contribution in [2.24, 2.45) is 0 Å². The van der Waals surface area contributed by atoms with Gasteiger partial charge in [-0.05, 0) is 61.7 Å². The summed E-state index contributed by atoms with van der Waals surface area (Å²) < 4.78 is 35.5. The predicted octanol–water partition coefficient (Wildman–Crippen LogP) is 3.43. The summed E-state index contributed by atoms with van der Waals surface area (Å²) in [6, 6.07) is 12.3. The highest BCUT2D eigenvalue weighted by atomic mass is 32.2. The highest BCUT2D eigenvalue weighted by Gasteiger charge is 2.20.